The maximum atomic E-state index is 6.19. The summed E-state index contributed by atoms with van der Waals surface area (Å²) in [5.74, 6) is 2.08. The zero-order valence-electron chi connectivity index (χ0n) is 12.5. The average molecular weight is 311 g/mol. The molecule has 0 radical (unpaired) electrons. The second kappa shape index (κ2) is 6.86. The van der Waals surface area contributed by atoms with Crippen molar-refractivity contribution < 1.29 is 9.47 Å². The lowest BCUT2D eigenvalue weighted by atomic mass is 10.1. The molecule has 21 heavy (non-hydrogen) atoms. The molecule has 0 aliphatic carbocycles. The topological polar surface area (TPSA) is 33.7 Å². The first-order valence-electron chi connectivity index (χ1n) is 7.73. The van der Waals surface area contributed by atoms with Crippen LogP contribution in [0.2, 0.25) is 5.02 Å². The molecule has 1 unspecified atom stereocenters. The van der Waals surface area contributed by atoms with Gasteiger partial charge in [-0.25, -0.2) is 0 Å². The van der Waals surface area contributed by atoms with Crippen LogP contribution in [0.5, 0.6) is 11.5 Å². The van der Waals surface area contributed by atoms with Crippen LogP contribution in [0, 0.1) is 5.92 Å². The van der Waals surface area contributed by atoms with Crippen LogP contribution in [0.4, 0.5) is 0 Å². The van der Waals surface area contributed by atoms with Crippen LogP contribution >= 0.6 is 11.6 Å². The van der Waals surface area contributed by atoms with E-state index in [4.69, 9.17) is 21.1 Å². The molecule has 0 amide bonds. The van der Waals surface area contributed by atoms with Gasteiger partial charge in [0.15, 0.2) is 11.5 Å². The van der Waals surface area contributed by atoms with Crippen molar-refractivity contribution in [3.8, 4) is 11.5 Å². The monoisotopic (exact) mass is 310 g/mol. The molecule has 0 spiro atoms. The Bertz CT molecular complexity index is 489. The average Bonchev–Trinajstić information content (AvgIpc) is 3.09. The summed E-state index contributed by atoms with van der Waals surface area (Å²) in [4.78, 5) is 2.56. The highest BCUT2D eigenvalue weighted by molar-refractivity contribution is 6.32. The largest absolute Gasteiger partial charge is 0.454 e. The number of ether oxygens (including phenoxy) is 2. The summed E-state index contributed by atoms with van der Waals surface area (Å²) in [6.45, 7) is 8.11. The highest BCUT2D eigenvalue weighted by atomic mass is 35.5. The number of fused-ring (bicyclic) bond motifs is 1. The highest BCUT2D eigenvalue weighted by Crippen LogP contribution is 2.39. The third-order valence-electron chi connectivity index (χ3n) is 4.08. The first-order chi connectivity index (χ1) is 10.2. The van der Waals surface area contributed by atoms with Crippen molar-refractivity contribution in [1.82, 2.24) is 10.2 Å². The van der Waals surface area contributed by atoms with Gasteiger partial charge < -0.3 is 19.7 Å². The molecule has 1 fully saturated rings. The maximum Gasteiger partial charge on any atom is 0.231 e. The fourth-order valence-electron chi connectivity index (χ4n) is 3.06. The molecule has 1 aromatic rings. The SMILES string of the molecule is CC(CNCc1cc(Cl)c2c(c1)OCO2)CN1CCCC1. The molecular formula is C16H23ClN2O2. The van der Waals surface area contributed by atoms with E-state index in [-0.39, 0.29) is 6.79 Å². The van der Waals surface area contributed by atoms with Gasteiger partial charge in [0.1, 0.15) is 0 Å². The fraction of sp³-hybridized carbons (Fsp3) is 0.625. The van der Waals surface area contributed by atoms with E-state index in [1.54, 1.807) is 0 Å². The Balaban J connectivity index is 1.45. The minimum absolute atomic E-state index is 0.263. The van der Waals surface area contributed by atoms with Gasteiger partial charge in [0.25, 0.3) is 0 Å². The fourth-order valence-corrected chi connectivity index (χ4v) is 3.34. The number of benzene rings is 1. The Morgan fingerprint density at radius 2 is 2.10 bits per heavy atom. The molecule has 1 saturated heterocycles. The normalized spacial score (nSPS) is 19.1. The minimum atomic E-state index is 0.263. The molecule has 2 heterocycles. The lowest BCUT2D eigenvalue weighted by Gasteiger charge is -2.20. The Morgan fingerprint density at radius 3 is 2.90 bits per heavy atom. The summed E-state index contributed by atoms with van der Waals surface area (Å²) < 4.78 is 10.7. The quantitative estimate of drug-likeness (QED) is 0.876. The van der Waals surface area contributed by atoms with Crippen molar-refractivity contribution in [3.05, 3.63) is 22.7 Å². The maximum absolute atomic E-state index is 6.19. The summed E-state index contributed by atoms with van der Waals surface area (Å²) in [5, 5.41) is 4.14. The Hall–Kier alpha value is -0.970. The molecule has 2 aliphatic rings. The van der Waals surface area contributed by atoms with Gasteiger partial charge in [-0.05, 0) is 56.1 Å². The van der Waals surface area contributed by atoms with Crippen molar-refractivity contribution in [2.24, 2.45) is 5.92 Å². The van der Waals surface area contributed by atoms with Crippen LogP contribution in [-0.4, -0.2) is 37.9 Å². The third kappa shape index (κ3) is 3.82. The Labute approximate surface area is 131 Å². The van der Waals surface area contributed by atoms with Gasteiger partial charge in [0.2, 0.25) is 6.79 Å². The molecule has 0 aromatic heterocycles. The summed E-state index contributed by atoms with van der Waals surface area (Å²) in [6.07, 6.45) is 2.71. The van der Waals surface area contributed by atoms with Crippen LogP contribution in [0.1, 0.15) is 25.3 Å². The van der Waals surface area contributed by atoms with Gasteiger partial charge in [-0.2, -0.15) is 0 Å². The van der Waals surface area contributed by atoms with Crippen LogP contribution in [0.25, 0.3) is 0 Å². The van der Waals surface area contributed by atoms with Crippen LogP contribution in [0.15, 0.2) is 12.1 Å². The zero-order chi connectivity index (χ0) is 14.7. The number of nitrogens with one attached hydrogen (secondary N) is 1. The second-order valence-electron chi connectivity index (χ2n) is 6.06. The Morgan fingerprint density at radius 1 is 1.29 bits per heavy atom. The first-order valence-corrected chi connectivity index (χ1v) is 8.11. The van der Waals surface area contributed by atoms with E-state index in [9.17, 15) is 0 Å². The lowest BCUT2D eigenvalue weighted by molar-refractivity contribution is 0.174. The van der Waals surface area contributed by atoms with Gasteiger partial charge in [-0.1, -0.05) is 18.5 Å². The van der Waals surface area contributed by atoms with E-state index in [0.29, 0.717) is 16.7 Å². The van der Waals surface area contributed by atoms with Crippen molar-refractivity contribution in [1.29, 1.82) is 0 Å². The number of nitrogens with zero attached hydrogens (tertiary/aromatic N) is 1. The summed E-state index contributed by atoms with van der Waals surface area (Å²) in [5.41, 5.74) is 1.14. The molecule has 4 nitrogen and oxygen atoms in total. The molecule has 1 N–H and O–H groups in total. The smallest absolute Gasteiger partial charge is 0.231 e. The molecular weight excluding hydrogens is 288 g/mol. The third-order valence-corrected chi connectivity index (χ3v) is 4.36. The predicted octanol–water partition coefficient (Wildman–Crippen LogP) is 2.89. The molecule has 1 atom stereocenters. The molecule has 1 aromatic carbocycles. The van der Waals surface area contributed by atoms with E-state index < -0.39 is 0 Å². The number of rotatable bonds is 6. The lowest BCUT2D eigenvalue weighted by Crippen LogP contribution is -2.31. The van der Waals surface area contributed by atoms with E-state index in [1.807, 2.05) is 12.1 Å². The van der Waals surface area contributed by atoms with E-state index in [1.165, 1.54) is 32.5 Å². The molecule has 5 heteroatoms. The Kier molecular flexibility index (Phi) is 4.88. The zero-order valence-corrected chi connectivity index (χ0v) is 13.3. The number of likely N-dealkylation sites (tertiary alicyclic amines) is 1. The van der Waals surface area contributed by atoms with E-state index in [2.05, 4.69) is 17.1 Å². The minimum Gasteiger partial charge on any atom is -0.454 e. The first kappa shape index (κ1) is 14.9. The molecule has 3 rings (SSSR count). The van der Waals surface area contributed by atoms with Crippen LogP contribution < -0.4 is 14.8 Å². The van der Waals surface area contributed by atoms with Gasteiger partial charge in [0.05, 0.1) is 5.02 Å². The van der Waals surface area contributed by atoms with E-state index >= 15 is 0 Å². The van der Waals surface area contributed by atoms with Crippen LogP contribution in [0.3, 0.4) is 0 Å². The summed E-state index contributed by atoms with van der Waals surface area (Å²) in [7, 11) is 0. The van der Waals surface area contributed by atoms with Crippen molar-refractivity contribution in [3.63, 3.8) is 0 Å². The number of halogens is 1. The van der Waals surface area contributed by atoms with Crippen molar-refractivity contribution >= 4 is 11.6 Å². The van der Waals surface area contributed by atoms with E-state index in [0.717, 1.165) is 24.4 Å². The molecule has 116 valence electrons. The predicted molar refractivity (Wildman–Crippen MR) is 84.1 cm³/mol. The summed E-state index contributed by atoms with van der Waals surface area (Å²) >= 11 is 6.19. The van der Waals surface area contributed by atoms with Crippen LogP contribution in [-0.2, 0) is 6.54 Å². The van der Waals surface area contributed by atoms with Gasteiger partial charge in [-0.3, -0.25) is 0 Å². The van der Waals surface area contributed by atoms with Crippen molar-refractivity contribution in [2.75, 3.05) is 33.0 Å². The molecule has 0 saturated carbocycles. The highest BCUT2D eigenvalue weighted by Gasteiger charge is 2.18. The van der Waals surface area contributed by atoms with Gasteiger partial charge >= 0.3 is 0 Å². The standard InChI is InChI=1S/C16H23ClN2O2/c1-12(10-19-4-2-3-5-19)8-18-9-13-6-14(17)16-15(7-13)20-11-21-16/h6-7,12,18H,2-5,8-11H2,1H3. The van der Waals surface area contributed by atoms with Gasteiger partial charge in [0, 0.05) is 13.1 Å². The number of hydrogen-bond acceptors (Lipinski definition) is 4. The van der Waals surface area contributed by atoms with Crippen molar-refractivity contribution in [2.45, 2.75) is 26.3 Å². The molecule has 2 aliphatic heterocycles. The molecule has 0 bridgehead atoms. The summed E-state index contributed by atoms with van der Waals surface area (Å²) in [6, 6.07) is 3.96. The number of hydrogen-bond donors (Lipinski definition) is 1. The van der Waals surface area contributed by atoms with Gasteiger partial charge in [-0.15, -0.1) is 0 Å². The second-order valence-corrected chi connectivity index (χ2v) is 6.46.